The first-order valence-electron chi connectivity index (χ1n) is 11.4. The SMILES string of the molecule is CC(C)Cc1ccc(C(C)C(=O)Nc2ccc(NC(=O)C(C)Oc3ccccc3Cl)cc2)cc1. The van der Waals surface area contributed by atoms with Crippen LogP contribution in [0.1, 0.15) is 44.7 Å². The van der Waals surface area contributed by atoms with Crippen molar-refractivity contribution in [3.05, 3.63) is 88.9 Å². The number of carbonyl (C=O) groups is 2. The Bertz CT molecular complexity index is 1110. The standard InChI is InChI=1S/C28H31ClN2O3/c1-18(2)17-21-9-11-22(12-10-21)19(3)27(32)30-23-13-15-24(16-14-23)31-28(33)20(4)34-26-8-6-5-7-25(26)29/h5-16,18-20H,17H2,1-4H3,(H,30,32)(H,31,33). The third kappa shape index (κ3) is 7.09. The molecule has 3 rings (SSSR count). The van der Waals surface area contributed by atoms with E-state index < -0.39 is 6.10 Å². The van der Waals surface area contributed by atoms with E-state index in [-0.39, 0.29) is 17.7 Å². The molecule has 0 fully saturated rings. The zero-order valence-electron chi connectivity index (χ0n) is 20.0. The molecule has 3 aromatic rings. The van der Waals surface area contributed by atoms with Crippen molar-refractivity contribution in [3.63, 3.8) is 0 Å². The fraction of sp³-hybridized carbons (Fsp3) is 0.286. The number of rotatable bonds is 9. The van der Waals surface area contributed by atoms with Crippen LogP contribution < -0.4 is 15.4 Å². The number of amides is 2. The second kappa shape index (κ2) is 11.7. The molecule has 2 amide bonds. The number of carbonyl (C=O) groups excluding carboxylic acids is 2. The van der Waals surface area contributed by atoms with Gasteiger partial charge in [-0.3, -0.25) is 9.59 Å². The second-order valence-electron chi connectivity index (χ2n) is 8.81. The lowest BCUT2D eigenvalue weighted by Gasteiger charge is -2.16. The maximum Gasteiger partial charge on any atom is 0.265 e. The molecule has 3 aromatic carbocycles. The molecule has 0 spiro atoms. The molecule has 0 heterocycles. The number of hydrogen-bond acceptors (Lipinski definition) is 3. The molecule has 0 aliphatic rings. The molecule has 5 nitrogen and oxygen atoms in total. The molecular weight excluding hydrogens is 448 g/mol. The van der Waals surface area contributed by atoms with Crippen molar-refractivity contribution in [2.45, 2.75) is 46.1 Å². The summed E-state index contributed by atoms with van der Waals surface area (Å²) in [5.41, 5.74) is 3.51. The number of anilines is 2. The number of hydrogen-bond donors (Lipinski definition) is 2. The summed E-state index contributed by atoms with van der Waals surface area (Å²) in [4.78, 5) is 25.2. The Morgan fingerprint density at radius 3 is 1.91 bits per heavy atom. The highest BCUT2D eigenvalue weighted by Crippen LogP contribution is 2.25. The summed E-state index contributed by atoms with van der Waals surface area (Å²) < 4.78 is 5.65. The van der Waals surface area contributed by atoms with Crippen molar-refractivity contribution < 1.29 is 14.3 Å². The highest BCUT2D eigenvalue weighted by molar-refractivity contribution is 6.32. The van der Waals surface area contributed by atoms with Gasteiger partial charge in [0.05, 0.1) is 10.9 Å². The van der Waals surface area contributed by atoms with Gasteiger partial charge in [-0.05, 0) is 73.7 Å². The fourth-order valence-electron chi connectivity index (χ4n) is 3.48. The molecule has 0 radical (unpaired) electrons. The van der Waals surface area contributed by atoms with Crippen LogP contribution in [0, 0.1) is 5.92 Å². The highest BCUT2D eigenvalue weighted by atomic mass is 35.5. The molecule has 0 saturated carbocycles. The van der Waals surface area contributed by atoms with E-state index in [9.17, 15) is 9.59 Å². The maximum atomic E-state index is 12.7. The third-order valence-electron chi connectivity index (χ3n) is 5.45. The molecule has 0 aliphatic heterocycles. The van der Waals surface area contributed by atoms with Crippen LogP contribution in [0.3, 0.4) is 0 Å². The summed E-state index contributed by atoms with van der Waals surface area (Å²) in [5.74, 6) is 0.377. The maximum absolute atomic E-state index is 12.7. The van der Waals surface area contributed by atoms with E-state index in [1.54, 1.807) is 55.5 Å². The lowest BCUT2D eigenvalue weighted by Crippen LogP contribution is -2.30. The lowest BCUT2D eigenvalue weighted by molar-refractivity contribution is -0.122. The quantitative estimate of drug-likeness (QED) is 0.360. The first-order valence-corrected chi connectivity index (χ1v) is 11.8. The topological polar surface area (TPSA) is 67.4 Å². The van der Waals surface area contributed by atoms with Crippen LogP contribution in [0.2, 0.25) is 5.02 Å². The van der Waals surface area contributed by atoms with Crippen LogP contribution in [0.25, 0.3) is 0 Å². The van der Waals surface area contributed by atoms with E-state index in [1.165, 1.54) is 5.56 Å². The zero-order valence-corrected chi connectivity index (χ0v) is 20.7. The summed E-state index contributed by atoms with van der Waals surface area (Å²) in [5, 5.41) is 6.19. The van der Waals surface area contributed by atoms with Crippen LogP contribution in [0.15, 0.2) is 72.8 Å². The summed E-state index contributed by atoms with van der Waals surface area (Å²) in [6, 6.07) is 22.2. The van der Waals surface area contributed by atoms with Gasteiger partial charge in [0.2, 0.25) is 5.91 Å². The summed E-state index contributed by atoms with van der Waals surface area (Å²) in [6.07, 6.45) is 0.293. The van der Waals surface area contributed by atoms with Gasteiger partial charge in [0, 0.05) is 11.4 Å². The van der Waals surface area contributed by atoms with E-state index >= 15 is 0 Å². The van der Waals surface area contributed by atoms with Gasteiger partial charge in [-0.25, -0.2) is 0 Å². The average Bonchev–Trinajstić information content (AvgIpc) is 2.81. The molecule has 2 N–H and O–H groups in total. The monoisotopic (exact) mass is 478 g/mol. The molecule has 0 aliphatic carbocycles. The lowest BCUT2D eigenvalue weighted by atomic mass is 9.96. The van der Waals surface area contributed by atoms with Gasteiger partial charge >= 0.3 is 0 Å². The molecule has 2 atom stereocenters. The van der Waals surface area contributed by atoms with Crippen LogP contribution in [0.5, 0.6) is 5.75 Å². The Morgan fingerprint density at radius 2 is 1.35 bits per heavy atom. The Hall–Kier alpha value is -3.31. The molecular formula is C28H31ClN2O3. The predicted molar refractivity (Wildman–Crippen MR) is 139 cm³/mol. The van der Waals surface area contributed by atoms with Crippen LogP contribution >= 0.6 is 11.6 Å². The number of para-hydroxylation sites is 1. The van der Waals surface area contributed by atoms with Crippen molar-refractivity contribution in [2.24, 2.45) is 5.92 Å². The van der Waals surface area contributed by atoms with E-state index in [0.717, 1.165) is 12.0 Å². The van der Waals surface area contributed by atoms with Crippen molar-refractivity contribution in [3.8, 4) is 5.75 Å². The molecule has 0 saturated heterocycles. The summed E-state index contributed by atoms with van der Waals surface area (Å²) in [7, 11) is 0. The smallest absolute Gasteiger partial charge is 0.265 e. The van der Waals surface area contributed by atoms with Crippen molar-refractivity contribution in [1.82, 2.24) is 0 Å². The van der Waals surface area contributed by atoms with E-state index in [1.807, 2.05) is 19.1 Å². The molecule has 178 valence electrons. The summed E-state index contributed by atoms with van der Waals surface area (Å²) in [6.45, 7) is 7.93. The van der Waals surface area contributed by atoms with E-state index in [4.69, 9.17) is 16.3 Å². The van der Waals surface area contributed by atoms with Gasteiger partial charge in [0.1, 0.15) is 5.75 Å². The second-order valence-corrected chi connectivity index (χ2v) is 9.21. The Balaban J connectivity index is 1.54. The van der Waals surface area contributed by atoms with Gasteiger partial charge in [0.25, 0.3) is 5.91 Å². The molecule has 0 bridgehead atoms. The van der Waals surface area contributed by atoms with Crippen LogP contribution in [-0.4, -0.2) is 17.9 Å². The van der Waals surface area contributed by atoms with E-state index in [2.05, 4.69) is 36.6 Å². The Kier molecular flexibility index (Phi) is 8.72. The molecule has 0 aromatic heterocycles. The van der Waals surface area contributed by atoms with Crippen LogP contribution in [-0.2, 0) is 16.0 Å². The van der Waals surface area contributed by atoms with E-state index in [0.29, 0.717) is 28.1 Å². The van der Waals surface area contributed by atoms with Gasteiger partial charge in [-0.2, -0.15) is 0 Å². The number of halogens is 1. The first kappa shape index (κ1) is 25.3. The van der Waals surface area contributed by atoms with Crippen molar-refractivity contribution in [1.29, 1.82) is 0 Å². The summed E-state index contributed by atoms with van der Waals surface area (Å²) >= 11 is 6.09. The average molecular weight is 479 g/mol. The third-order valence-corrected chi connectivity index (χ3v) is 5.76. The predicted octanol–water partition coefficient (Wildman–Crippen LogP) is 6.69. The first-order chi connectivity index (χ1) is 16.2. The molecule has 6 heteroatoms. The minimum absolute atomic E-state index is 0.0878. The number of benzene rings is 3. The Labute approximate surface area is 206 Å². The normalized spacial score (nSPS) is 12.6. The Morgan fingerprint density at radius 1 is 0.794 bits per heavy atom. The molecule has 2 unspecified atom stereocenters. The van der Waals surface area contributed by atoms with Gasteiger partial charge in [-0.1, -0.05) is 61.8 Å². The van der Waals surface area contributed by atoms with Crippen molar-refractivity contribution in [2.75, 3.05) is 10.6 Å². The highest BCUT2D eigenvalue weighted by Gasteiger charge is 2.17. The minimum atomic E-state index is -0.730. The molecule has 34 heavy (non-hydrogen) atoms. The number of ether oxygens (including phenoxy) is 1. The van der Waals surface area contributed by atoms with Crippen molar-refractivity contribution >= 4 is 34.8 Å². The largest absolute Gasteiger partial charge is 0.479 e. The zero-order chi connectivity index (χ0) is 24.7. The minimum Gasteiger partial charge on any atom is -0.479 e. The number of nitrogens with one attached hydrogen (secondary N) is 2. The van der Waals surface area contributed by atoms with Gasteiger partial charge in [-0.15, -0.1) is 0 Å². The fourth-order valence-corrected chi connectivity index (χ4v) is 3.66. The van der Waals surface area contributed by atoms with Crippen LogP contribution in [0.4, 0.5) is 11.4 Å². The van der Waals surface area contributed by atoms with Gasteiger partial charge in [0.15, 0.2) is 6.10 Å². The van der Waals surface area contributed by atoms with Gasteiger partial charge < -0.3 is 15.4 Å².